The van der Waals surface area contributed by atoms with Gasteiger partial charge in [-0.1, -0.05) is 25.3 Å². The summed E-state index contributed by atoms with van der Waals surface area (Å²) < 4.78 is 6.27. The van der Waals surface area contributed by atoms with E-state index in [1.807, 2.05) is 30.0 Å². The lowest BCUT2D eigenvalue weighted by Gasteiger charge is -2.35. The van der Waals surface area contributed by atoms with Gasteiger partial charge in [0.15, 0.2) is 0 Å². The first kappa shape index (κ1) is 20.6. The largest absolute Gasteiger partial charge is 0.369 e. The molecule has 0 spiro atoms. The van der Waals surface area contributed by atoms with Crippen LogP contribution in [0.25, 0.3) is 0 Å². The summed E-state index contributed by atoms with van der Waals surface area (Å²) in [5.41, 5.74) is 0.945. The highest BCUT2D eigenvalue weighted by molar-refractivity contribution is 7.98. The van der Waals surface area contributed by atoms with Crippen LogP contribution < -0.4 is 0 Å². The molecule has 0 unspecified atom stereocenters. The first-order valence-electron chi connectivity index (χ1n) is 10.2. The second-order valence-corrected chi connectivity index (χ2v) is 8.74. The third kappa shape index (κ3) is 5.93. The van der Waals surface area contributed by atoms with Crippen molar-refractivity contribution in [3.63, 3.8) is 0 Å². The van der Waals surface area contributed by atoms with Crippen LogP contribution in [-0.2, 0) is 16.1 Å². The number of hydrogen-bond acceptors (Lipinski definition) is 5. The van der Waals surface area contributed by atoms with Crippen LogP contribution in [0.2, 0.25) is 0 Å². The van der Waals surface area contributed by atoms with E-state index in [2.05, 4.69) is 28.0 Å². The van der Waals surface area contributed by atoms with Crippen molar-refractivity contribution in [3.05, 3.63) is 30.1 Å². The fourth-order valence-corrected chi connectivity index (χ4v) is 4.88. The molecule has 1 aliphatic heterocycles. The number of rotatable bonds is 7. The Labute approximate surface area is 167 Å². The molecule has 6 heteroatoms. The molecule has 5 nitrogen and oxygen atoms in total. The number of aromatic nitrogens is 1. The zero-order chi connectivity index (χ0) is 19.1. The fourth-order valence-electron chi connectivity index (χ4n) is 4.19. The monoisotopic (exact) mass is 391 g/mol. The van der Waals surface area contributed by atoms with Crippen molar-refractivity contribution in [2.75, 3.05) is 31.6 Å². The number of carbonyl (C=O) groups is 1. The van der Waals surface area contributed by atoms with Gasteiger partial charge in [0, 0.05) is 37.1 Å². The van der Waals surface area contributed by atoms with Crippen molar-refractivity contribution in [1.29, 1.82) is 0 Å². The van der Waals surface area contributed by atoms with Crippen molar-refractivity contribution in [2.45, 2.75) is 63.8 Å². The van der Waals surface area contributed by atoms with Crippen molar-refractivity contribution in [2.24, 2.45) is 0 Å². The summed E-state index contributed by atoms with van der Waals surface area (Å²) in [7, 11) is 0. The van der Waals surface area contributed by atoms with E-state index in [1.165, 1.54) is 19.3 Å². The quantitative estimate of drug-likeness (QED) is 0.714. The van der Waals surface area contributed by atoms with E-state index in [0.717, 1.165) is 30.8 Å². The maximum atomic E-state index is 13.1. The topological polar surface area (TPSA) is 45.7 Å². The van der Waals surface area contributed by atoms with Crippen molar-refractivity contribution in [3.8, 4) is 0 Å². The molecule has 2 fully saturated rings. The molecule has 27 heavy (non-hydrogen) atoms. The summed E-state index contributed by atoms with van der Waals surface area (Å²) in [5.74, 6) is 1.31. The van der Waals surface area contributed by atoms with Crippen LogP contribution in [0.3, 0.4) is 0 Å². The molecule has 2 aliphatic rings. The summed E-state index contributed by atoms with van der Waals surface area (Å²) in [6, 6.07) is 6.67. The lowest BCUT2D eigenvalue weighted by Crippen LogP contribution is -2.46. The van der Waals surface area contributed by atoms with E-state index in [-0.39, 0.29) is 12.0 Å². The van der Waals surface area contributed by atoms with Crippen LogP contribution in [0.1, 0.15) is 44.7 Å². The first-order valence-corrected chi connectivity index (χ1v) is 11.6. The highest BCUT2D eigenvalue weighted by Gasteiger charge is 2.34. The average Bonchev–Trinajstić information content (AvgIpc) is 2.87. The van der Waals surface area contributed by atoms with Gasteiger partial charge >= 0.3 is 0 Å². The zero-order valence-electron chi connectivity index (χ0n) is 16.7. The van der Waals surface area contributed by atoms with Crippen LogP contribution in [0, 0.1) is 0 Å². The molecule has 0 radical (unpaired) electrons. The first-order chi connectivity index (χ1) is 13.2. The third-order valence-electron chi connectivity index (χ3n) is 5.74. The van der Waals surface area contributed by atoms with Gasteiger partial charge in [-0.2, -0.15) is 11.8 Å². The lowest BCUT2D eigenvalue weighted by molar-refractivity contribution is -0.135. The number of ether oxygens (including phenoxy) is 1. The highest BCUT2D eigenvalue weighted by Crippen LogP contribution is 2.25. The molecule has 3 rings (SSSR count). The minimum Gasteiger partial charge on any atom is -0.369 e. The summed E-state index contributed by atoms with van der Waals surface area (Å²) >= 11 is 1.83. The van der Waals surface area contributed by atoms with Crippen molar-refractivity contribution < 1.29 is 9.53 Å². The summed E-state index contributed by atoms with van der Waals surface area (Å²) in [5, 5.41) is 0. The Hall–Kier alpha value is -1.11. The van der Waals surface area contributed by atoms with Crippen LogP contribution in [0.5, 0.6) is 0 Å². The number of hydrogen-bond donors (Lipinski definition) is 0. The van der Waals surface area contributed by atoms with Gasteiger partial charge in [0.25, 0.3) is 0 Å². The molecule has 0 aromatic carbocycles. The van der Waals surface area contributed by atoms with Gasteiger partial charge in [-0.15, -0.1) is 0 Å². The molecule has 0 bridgehead atoms. The minimum absolute atomic E-state index is 0.0321. The predicted octanol–water partition coefficient (Wildman–Crippen LogP) is 3.20. The molecule has 150 valence electrons. The SMILES string of the molecule is CSC[C@H](C)N1CC(=O)N(C2CCCCC2)C[C@@H](OCc2ccccn2)C1. The predicted molar refractivity (Wildman–Crippen MR) is 111 cm³/mol. The molecule has 1 amide bonds. The van der Waals surface area contributed by atoms with Gasteiger partial charge in [-0.25, -0.2) is 0 Å². The Morgan fingerprint density at radius 2 is 2.07 bits per heavy atom. The third-order valence-corrected chi connectivity index (χ3v) is 6.55. The van der Waals surface area contributed by atoms with E-state index < -0.39 is 0 Å². The standard InChI is InChI=1S/C21H33N3O2S/c1-17(16-27-2)23-12-20(26-15-18-8-6-7-11-22-18)13-24(21(25)14-23)19-9-4-3-5-10-19/h6-8,11,17,19-20H,3-5,9-10,12-16H2,1-2H3/t17-,20-/m0/s1. The van der Waals surface area contributed by atoms with Crippen LogP contribution in [0.4, 0.5) is 0 Å². The molecule has 1 aromatic rings. The molecule has 0 N–H and O–H groups in total. The van der Waals surface area contributed by atoms with Gasteiger partial charge in [0.1, 0.15) is 0 Å². The molecule has 1 saturated carbocycles. The Morgan fingerprint density at radius 3 is 2.78 bits per heavy atom. The molecule has 1 saturated heterocycles. The smallest absolute Gasteiger partial charge is 0.237 e. The number of nitrogens with zero attached hydrogens (tertiary/aromatic N) is 3. The van der Waals surface area contributed by atoms with Crippen LogP contribution in [-0.4, -0.2) is 70.5 Å². The van der Waals surface area contributed by atoms with E-state index in [9.17, 15) is 4.79 Å². The summed E-state index contributed by atoms with van der Waals surface area (Å²) in [6.45, 7) is 4.75. The molecule has 1 aliphatic carbocycles. The van der Waals surface area contributed by atoms with E-state index in [1.54, 1.807) is 6.20 Å². The molecular weight excluding hydrogens is 358 g/mol. The lowest BCUT2D eigenvalue weighted by atomic mass is 9.94. The molecule has 2 atom stereocenters. The van der Waals surface area contributed by atoms with E-state index >= 15 is 0 Å². The Morgan fingerprint density at radius 1 is 1.26 bits per heavy atom. The van der Waals surface area contributed by atoms with Crippen LogP contribution >= 0.6 is 11.8 Å². The highest BCUT2D eigenvalue weighted by atomic mass is 32.2. The second kappa shape index (κ2) is 10.4. The Bertz CT molecular complexity index is 580. The van der Waals surface area contributed by atoms with Gasteiger partial charge in [-0.3, -0.25) is 14.7 Å². The van der Waals surface area contributed by atoms with Gasteiger partial charge in [0.2, 0.25) is 5.91 Å². The van der Waals surface area contributed by atoms with Crippen molar-refractivity contribution >= 4 is 17.7 Å². The van der Waals surface area contributed by atoms with Crippen LogP contribution in [0.15, 0.2) is 24.4 Å². The van der Waals surface area contributed by atoms with Gasteiger partial charge < -0.3 is 9.64 Å². The number of amides is 1. The summed E-state index contributed by atoms with van der Waals surface area (Å²) in [4.78, 5) is 21.9. The molecule has 1 aromatic heterocycles. The normalized spacial score (nSPS) is 24.0. The number of pyridine rings is 1. The Kier molecular flexibility index (Phi) is 7.97. The van der Waals surface area contributed by atoms with E-state index in [4.69, 9.17) is 4.74 Å². The number of thioether (sulfide) groups is 1. The molecular formula is C21H33N3O2S. The average molecular weight is 392 g/mol. The van der Waals surface area contributed by atoms with Crippen molar-refractivity contribution in [1.82, 2.24) is 14.8 Å². The fraction of sp³-hybridized carbons (Fsp3) is 0.714. The Balaban J connectivity index is 1.70. The van der Waals surface area contributed by atoms with Gasteiger partial charge in [0.05, 0.1) is 24.9 Å². The maximum Gasteiger partial charge on any atom is 0.237 e. The van der Waals surface area contributed by atoms with Gasteiger partial charge in [-0.05, 0) is 38.2 Å². The second-order valence-electron chi connectivity index (χ2n) is 7.83. The maximum absolute atomic E-state index is 13.1. The molecule has 2 heterocycles. The minimum atomic E-state index is 0.0321. The number of carbonyl (C=O) groups excluding carboxylic acids is 1. The summed E-state index contributed by atoms with van der Waals surface area (Å²) in [6.07, 6.45) is 10.0. The zero-order valence-corrected chi connectivity index (χ0v) is 17.5. The van der Waals surface area contributed by atoms with E-state index in [0.29, 0.717) is 31.8 Å².